The zero-order valence-electron chi connectivity index (χ0n) is 18.7. The number of nitrogens with zero attached hydrogens (tertiary/aromatic N) is 2. The molecule has 0 bridgehead atoms. The topological polar surface area (TPSA) is 91.1 Å². The van der Waals surface area contributed by atoms with Gasteiger partial charge in [-0.15, -0.1) is 0 Å². The molecule has 1 aromatic heterocycles. The Balaban J connectivity index is 1.40. The molecule has 0 radical (unpaired) electrons. The van der Waals surface area contributed by atoms with E-state index < -0.39 is 9.84 Å². The summed E-state index contributed by atoms with van der Waals surface area (Å²) < 4.78 is 29.8. The molecule has 0 spiro atoms. The largest absolute Gasteiger partial charge is 0.507 e. The van der Waals surface area contributed by atoms with Crippen LogP contribution < -0.4 is 5.43 Å². The Morgan fingerprint density at radius 2 is 1.79 bits per heavy atom. The first kappa shape index (κ1) is 22.1. The number of rotatable bonds is 4. The number of hydrogen-bond acceptors (Lipinski definition) is 7. The number of aromatic hydroxyl groups is 1. The molecule has 2 fully saturated rings. The molecular formula is C25H28N2O5S. The van der Waals surface area contributed by atoms with Gasteiger partial charge in [0, 0.05) is 38.8 Å². The molecular weight excluding hydrogens is 440 g/mol. The van der Waals surface area contributed by atoms with Crippen molar-refractivity contribution >= 4 is 20.8 Å². The van der Waals surface area contributed by atoms with Crippen LogP contribution in [-0.2, 0) is 16.4 Å². The second kappa shape index (κ2) is 8.59. The number of hydrogen-bond donors (Lipinski definition) is 1. The van der Waals surface area contributed by atoms with Crippen LogP contribution in [0.4, 0.5) is 0 Å². The van der Waals surface area contributed by atoms with Gasteiger partial charge in [0.2, 0.25) is 5.43 Å². The van der Waals surface area contributed by atoms with Gasteiger partial charge in [0.05, 0.1) is 28.0 Å². The standard InChI is InChI=1S/C25H28N2O5S/c1-17-23(18-5-3-2-4-6-18)24(29)20-7-8-22(28)21(25(20)32-17)15-26-10-12-27(13-11-26)19-9-14-33(30,31)16-19/h2-8,19,28H,9-16H2,1H3/t19-/m0/s1. The normalized spacial score (nSPS) is 21.5. The molecule has 5 rings (SSSR count). The summed E-state index contributed by atoms with van der Waals surface area (Å²) in [7, 11) is -2.90. The molecule has 33 heavy (non-hydrogen) atoms. The smallest absolute Gasteiger partial charge is 0.200 e. The van der Waals surface area contributed by atoms with E-state index in [1.165, 1.54) is 0 Å². The van der Waals surface area contributed by atoms with Crippen LogP contribution in [0, 0.1) is 6.92 Å². The first-order chi connectivity index (χ1) is 15.8. The minimum absolute atomic E-state index is 0.103. The fraction of sp³-hybridized carbons (Fsp3) is 0.400. The van der Waals surface area contributed by atoms with Crippen molar-refractivity contribution in [3.05, 3.63) is 64.0 Å². The minimum Gasteiger partial charge on any atom is -0.507 e. The predicted octanol–water partition coefficient (Wildman–Crippen LogP) is 2.78. The second-order valence-electron chi connectivity index (χ2n) is 9.04. The number of phenolic OH excluding ortho intramolecular Hbond substituents is 1. The summed E-state index contributed by atoms with van der Waals surface area (Å²) in [5.41, 5.74) is 2.30. The lowest BCUT2D eigenvalue weighted by molar-refractivity contribution is 0.0996. The van der Waals surface area contributed by atoms with Crippen LogP contribution in [0.2, 0.25) is 0 Å². The number of sulfone groups is 1. The maximum atomic E-state index is 13.3. The van der Waals surface area contributed by atoms with E-state index in [1.807, 2.05) is 30.3 Å². The van der Waals surface area contributed by atoms with E-state index in [-0.39, 0.29) is 28.7 Å². The lowest BCUT2D eigenvalue weighted by Crippen LogP contribution is -2.50. The quantitative estimate of drug-likeness (QED) is 0.630. The van der Waals surface area contributed by atoms with Crippen LogP contribution in [0.1, 0.15) is 17.7 Å². The lowest BCUT2D eigenvalue weighted by Gasteiger charge is -2.37. The van der Waals surface area contributed by atoms with E-state index >= 15 is 0 Å². The molecule has 1 atom stereocenters. The third kappa shape index (κ3) is 4.30. The number of piperazine rings is 1. The third-order valence-corrected chi connectivity index (χ3v) is 8.64. The summed E-state index contributed by atoms with van der Waals surface area (Å²) in [6.07, 6.45) is 0.709. The van der Waals surface area contributed by atoms with Gasteiger partial charge in [-0.3, -0.25) is 14.6 Å². The summed E-state index contributed by atoms with van der Waals surface area (Å²) in [5.74, 6) is 1.18. The predicted molar refractivity (Wildman–Crippen MR) is 128 cm³/mol. The first-order valence-electron chi connectivity index (χ1n) is 11.3. The van der Waals surface area contributed by atoms with Crippen molar-refractivity contribution in [1.29, 1.82) is 0 Å². The zero-order valence-corrected chi connectivity index (χ0v) is 19.5. The monoisotopic (exact) mass is 468 g/mol. The number of phenols is 1. The van der Waals surface area contributed by atoms with Gasteiger partial charge in [-0.05, 0) is 31.0 Å². The van der Waals surface area contributed by atoms with Crippen molar-refractivity contribution in [2.24, 2.45) is 0 Å². The maximum Gasteiger partial charge on any atom is 0.200 e. The average Bonchev–Trinajstić information content (AvgIpc) is 3.17. The fourth-order valence-corrected chi connectivity index (χ4v) is 6.84. The maximum absolute atomic E-state index is 13.3. The average molecular weight is 469 g/mol. The Kier molecular flexibility index (Phi) is 5.76. The van der Waals surface area contributed by atoms with Crippen LogP contribution in [0.3, 0.4) is 0 Å². The van der Waals surface area contributed by atoms with Gasteiger partial charge >= 0.3 is 0 Å². The molecule has 2 saturated heterocycles. The molecule has 174 valence electrons. The number of aryl methyl sites for hydroxylation is 1. The van der Waals surface area contributed by atoms with Gasteiger partial charge in [0.25, 0.3) is 0 Å². The van der Waals surface area contributed by atoms with Crippen molar-refractivity contribution in [3.63, 3.8) is 0 Å². The van der Waals surface area contributed by atoms with Gasteiger partial charge in [-0.1, -0.05) is 30.3 Å². The Bertz CT molecular complexity index is 1340. The SMILES string of the molecule is Cc1oc2c(CN3CCN([C@H]4CCS(=O)(=O)C4)CC3)c(O)ccc2c(=O)c1-c1ccccc1. The summed E-state index contributed by atoms with van der Waals surface area (Å²) in [4.78, 5) is 17.8. The zero-order chi connectivity index (χ0) is 23.2. The van der Waals surface area contributed by atoms with Gasteiger partial charge < -0.3 is 9.52 Å². The Hall–Kier alpha value is -2.68. The highest BCUT2D eigenvalue weighted by molar-refractivity contribution is 7.91. The van der Waals surface area contributed by atoms with E-state index in [0.717, 1.165) is 31.7 Å². The van der Waals surface area contributed by atoms with Crippen molar-refractivity contribution in [2.75, 3.05) is 37.7 Å². The van der Waals surface area contributed by atoms with Gasteiger partial charge in [-0.25, -0.2) is 8.42 Å². The van der Waals surface area contributed by atoms with Crippen LogP contribution in [0.15, 0.2) is 51.7 Å². The molecule has 0 amide bonds. The Morgan fingerprint density at radius 3 is 2.45 bits per heavy atom. The van der Waals surface area contributed by atoms with Gasteiger partial charge in [0.1, 0.15) is 17.1 Å². The highest BCUT2D eigenvalue weighted by Crippen LogP contribution is 2.31. The fourth-order valence-electron chi connectivity index (χ4n) is 5.08. The van der Waals surface area contributed by atoms with E-state index in [0.29, 0.717) is 40.8 Å². The van der Waals surface area contributed by atoms with Crippen molar-refractivity contribution in [3.8, 4) is 16.9 Å². The summed E-state index contributed by atoms with van der Waals surface area (Å²) in [5, 5.41) is 11.1. The van der Waals surface area contributed by atoms with E-state index in [9.17, 15) is 18.3 Å². The Labute approximate surface area is 193 Å². The van der Waals surface area contributed by atoms with E-state index in [1.54, 1.807) is 19.1 Å². The van der Waals surface area contributed by atoms with Gasteiger partial charge in [-0.2, -0.15) is 0 Å². The highest BCUT2D eigenvalue weighted by Gasteiger charge is 2.34. The van der Waals surface area contributed by atoms with Crippen molar-refractivity contribution in [1.82, 2.24) is 9.80 Å². The molecule has 3 aromatic rings. The van der Waals surface area contributed by atoms with Gasteiger partial charge in [0.15, 0.2) is 9.84 Å². The summed E-state index contributed by atoms with van der Waals surface area (Å²) in [6.45, 7) is 5.34. The first-order valence-corrected chi connectivity index (χ1v) is 13.1. The number of benzene rings is 2. The minimum atomic E-state index is -2.90. The Morgan fingerprint density at radius 1 is 1.06 bits per heavy atom. The van der Waals surface area contributed by atoms with E-state index in [4.69, 9.17) is 4.42 Å². The number of fused-ring (bicyclic) bond motifs is 1. The molecule has 2 aliphatic rings. The molecule has 7 nitrogen and oxygen atoms in total. The molecule has 0 aliphatic carbocycles. The highest BCUT2D eigenvalue weighted by atomic mass is 32.2. The molecule has 2 aliphatic heterocycles. The summed E-state index contributed by atoms with van der Waals surface area (Å²) in [6, 6.07) is 12.8. The van der Waals surface area contributed by atoms with Crippen LogP contribution >= 0.6 is 0 Å². The van der Waals surface area contributed by atoms with Crippen LogP contribution in [0.25, 0.3) is 22.1 Å². The molecule has 2 aromatic carbocycles. The summed E-state index contributed by atoms with van der Waals surface area (Å²) >= 11 is 0. The molecule has 0 unspecified atom stereocenters. The molecule has 1 N–H and O–H groups in total. The van der Waals surface area contributed by atoms with Crippen LogP contribution in [0.5, 0.6) is 5.75 Å². The van der Waals surface area contributed by atoms with Crippen molar-refractivity contribution < 1.29 is 17.9 Å². The second-order valence-corrected chi connectivity index (χ2v) is 11.3. The third-order valence-electron chi connectivity index (χ3n) is 6.89. The van der Waals surface area contributed by atoms with Crippen molar-refractivity contribution in [2.45, 2.75) is 25.9 Å². The van der Waals surface area contributed by atoms with Crippen LogP contribution in [-0.4, -0.2) is 67.1 Å². The lowest BCUT2D eigenvalue weighted by atomic mass is 10.0. The molecule has 8 heteroatoms. The molecule has 3 heterocycles. The molecule has 0 saturated carbocycles. The van der Waals surface area contributed by atoms with E-state index in [2.05, 4.69) is 9.80 Å².